The van der Waals surface area contributed by atoms with Crippen LogP contribution in [0.4, 0.5) is 18.9 Å². The molecule has 4 aromatic rings. The van der Waals surface area contributed by atoms with Crippen LogP contribution in [0.2, 0.25) is 0 Å². The number of rotatable bonds is 2. The minimum atomic E-state index is -4.53. The summed E-state index contributed by atoms with van der Waals surface area (Å²) >= 11 is 0. The summed E-state index contributed by atoms with van der Waals surface area (Å²) in [6, 6.07) is 11.6. The van der Waals surface area contributed by atoms with E-state index >= 15 is 0 Å². The van der Waals surface area contributed by atoms with E-state index < -0.39 is 16.7 Å². The predicted octanol–water partition coefficient (Wildman–Crippen LogP) is 5.11. The second kappa shape index (κ2) is 5.55. The van der Waals surface area contributed by atoms with Crippen molar-refractivity contribution in [2.24, 2.45) is 0 Å². The number of alkyl halides is 3. The number of hydrogen-bond acceptors (Lipinski definition) is 3. The number of hydrogen-bond donors (Lipinski definition) is 0. The van der Waals surface area contributed by atoms with E-state index in [1.165, 1.54) is 18.3 Å². The summed E-state index contributed by atoms with van der Waals surface area (Å²) in [6.45, 7) is 0. The van der Waals surface area contributed by atoms with Crippen LogP contribution in [-0.2, 0) is 6.18 Å². The molecule has 130 valence electrons. The molecule has 0 aliphatic carbocycles. The number of nitrogens with zero attached hydrogens (tertiary/aromatic N) is 3. The van der Waals surface area contributed by atoms with E-state index in [0.29, 0.717) is 22.0 Å². The highest BCUT2D eigenvalue weighted by molar-refractivity contribution is 5.95. The topological polar surface area (TPSA) is 61.0 Å². The number of aromatic nitrogens is 2. The highest BCUT2D eigenvalue weighted by Gasteiger charge is 2.33. The number of non-ortho nitro benzene ring substituents is 1. The van der Waals surface area contributed by atoms with E-state index in [2.05, 4.69) is 4.98 Å². The average Bonchev–Trinajstić information content (AvgIpc) is 3.03. The number of pyridine rings is 1. The van der Waals surface area contributed by atoms with Crippen LogP contribution in [-0.4, -0.2) is 14.5 Å². The highest BCUT2D eigenvalue weighted by atomic mass is 19.4. The Kier molecular flexibility index (Phi) is 3.43. The number of nitro groups is 1. The van der Waals surface area contributed by atoms with E-state index in [-0.39, 0.29) is 11.2 Å². The van der Waals surface area contributed by atoms with Crippen molar-refractivity contribution in [3.63, 3.8) is 0 Å². The minimum Gasteiger partial charge on any atom is -0.316 e. The molecule has 0 fully saturated rings. The van der Waals surface area contributed by atoms with Gasteiger partial charge in [0.2, 0.25) is 0 Å². The van der Waals surface area contributed by atoms with Crippen molar-refractivity contribution >= 4 is 27.5 Å². The van der Waals surface area contributed by atoms with Gasteiger partial charge in [0.15, 0.2) is 0 Å². The molecule has 5 nitrogen and oxygen atoms in total. The van der Waals surface area contributed by atoms with Gasteiger partial charge in [-0.3, -0.25) is 15.1 Å². The lowest BCUT2D eigenvalue weighted by Gasteiger charge is -2.13. The summed E-state index contributed by atoms with van der Waals surface area (Å²) in [7, 11) is 0. The van der Waals surface area contributed by atoms with Gasteiger partial charge in [0.1, 0.15) is 0 Å². The van der Waals surface area contributed by atoms with Crippen LogP contribution in [0.5, 0.6) is 0 Å². The van der Waals surface area contributed by atoms with Gasteiger partial charge in [0.25, 0.3) is 5.69 Å². The summed E-state index contributed by atoms with van der Waals surface area (Å²) in [5.41, 5.74) is -0.0413. The Morgan fingerprint density at radius 1 is 1.00 bits per heavy atom. The van der Waals surface area contributed by atoms with Crippen molar-refractivity contribution in [1.29, 1.82) is 0 Å². The van der Waals surface area contributed by atoms with Gasteiger partial charge in [-0.15, -0.1) is 0 Å². The molecule has 26 heavy (non-hydrogen) atoms. The third-order valence-corrected chi connectivity index (χ3v) is 4.22. The first-order valence-corrected chi connectivity index (χ1v) is 7.57. The maximum atomic E-state index is 13.3. The number of nitro benzene ring substituents is 1. The second-order valence-corrected chi connectivity index (χ2v) is 5.68. The standard InChI is InChI=1S/C18H10F3N3O2/c19-18(20,21)13-4-1-3-12-15(7-9-22-17(12)13)23-10-8-11-14(23)5-2-6-16(11)24(25)26/h1-10H. The van der Waals surface area contributed by atoms with Crippen LogP contribution in [0, 0.1) is 10.1 Å². The molecule has 0 radical (unpaired) electrons. The lowest BCUT2D eigenvalue weighted by molar-refractivity contribution is -0.383. The van der Waals surface area contributed by atoms with Crippen LogP contribution in [0.25, 0.3) is 27.5 Å². The maximum absolute atomic E-state index is 13.3. The largest absolute Gasteiger partial charge is 0.418 e. The van der Waals surface area contributed by atoms with Crippen LogP contribution >= 0.6 is 0 Å². The number of fused-ring (bicyclic) bond motifs is 2. The Balaban J connectivity index is 2.04. The van der Waals surface area contributed by atoms with Crippen molar-refractivity contribution in [2.45, 2.75) is 6.18 Å². The van der Waals surface area contributed by atoms with Crippen LogP contribution < -0.4 is 0 Å². The third kappa shape index (κ3) is 2.38. The van der Waals surface area contributed by atoms with E-state index in [1.54, 1.807) is 41.1 Å². The zero-order valence-corrected chi connectivity index (χ0v) is 13.1. The Bertz CT molecular complexity index is 1170. The van der Waals surface area contributed by atoms with Gasteiger partial charge in [0, 0.05) is 23.8 Å². The molecule has 0 N–H and O–H groups in total. The van der Waals surface area contributed by atoms with Crippen LogP contribution in [0.3, 0.4) is 0 Å². The molecule has 0 amide bonds. The van der Waals surface area contributed by atoms with Gasteiger partial charge >= 0.3 is 6.18 Å². The van der Waals surface area contributed by atoms with E-state index in [1.807, 2.05) is 0 Å². The molecule has 0 unspecified atom stereocenters. The molecule has 0 atom stereocenters. The highest BCUT2D eigenvalue weighted by Crippen LogP contribution is 2.36. The number of para-hydroxylation sites is 1. The molecule has 4 rings (SSSR count). The zero-order valence-electron chi connectivity index (χ0n) is 13.1. The lowest BCUT2D eigenvalue weighted by atomic mass is 10.1. The van der Waals surface area contributed by atoms with Gasteiger partial charge in [0.05, 0.1) is 32.6 Å². The fraction of sp³-hybridized carbons (Fsp3) is 0.0556. The monoisotopic (exact) mass is 357 g/mol. The molecule has 2 aromatic heterocycles. The molecule has 0 spiro atoms. The summed E-state index contributed by atoms with van der Waals surface area (Å²) in [5.74, 6) is 0. The Hall–Kier alpha value is -3.42. The van der Waals surface area contributed by atoms with Gasteiger partial charge in [-0.05, 0) is 24.3 Å². The van der Waals surface area contributed by atoms with Crippen LogP contribution in [0.15, 0.2) is 60.9 Å². The Morgan fingerprint density at radius 2 is 1.77 bits per heavy atom. The summed E-state index contributed by atoms with van der Waals surface area (Å²) in [4.78, 5) is 14.6. The summed E-state index contributed by atoms with van der Waals surface area (Å²) in [6.07, 6.45) is -1.62. The number of halogens is 3. The van der Waals surface area contributed by atoms with Gasteiger partial charge in [-0.2, -0.15) is 13.2 Å². The van der Waals surface area contributed by atoms with Crippen LogP contribution in [0.1, 0.15) is 5.56 Å². The first-order valence-electron chi connectivity index (χ1n) is 7.57. The fourth-order valence-electron chi connectivity index (χ4n) is 3.12. The molecule has 0 saturated carbocycles. The third-order valence-electron chi connectivity index (χ3n) is 4.22. The first-order chi connectivity index (χ1) is 12.4. The maximum Gasteiger partial charge on any atom is 0.418 e. The van der Waals surface area contributed by atoms with Crippen molar-refractivity contribution in [3.8, 4) is 5.69 Å². The quantitative estimate of drug-likeness (QED) is 0.370. The van der Waals surface area contributed by atoms with Gasteiger partial charge in [-0.1, -0.05) is 18.2 Å². The average molecular weight is 357 g/mol. The molecule has 0 saturated heterocycles. The number of benzene rings is 2. The van der Waals surface area contributed by atoms with Crippen molar-refractivity contribution in [3.05, 3.63) is 76.6 Å². The minimum absolute atomic E-state index is 0.0596. The molecule has 8 heteroatoms. The lowest BCUT2D eigenvalue weighted by Crippen LogP contribution is -2.07. The Labute approximate surface area is 144 Å². The molecule has 0 aliphatic heterocycles. The normalized spacial score (nSPS) is 12.0. The molecule has 2 aromatic carbocycles. The zero-order chi connectivity index (χ0) is 18.5. The van der Waals surface area contributed by atoms with E-state index in [9.17, 15) is 23.3 Å². The smallest absolute Gasteiger partial charge is 0.316 e. The van der Waals surface area contributed by atoms with Crippen molar-refractivity contribution < 1.29 is 18.1 Å². The van der Waals surface area contributed by atoms with E-state index in [4.69, 9.17) is 0 Å². The molecule has 2 heterocycles. The SMILES string of the molecule is O=[N+]([O-])c1cccc2c1ccn2-c1ccnc2c(C(F)(F)F)cccc12. The molecule has 0 aliphatic rings. The fourth-order valence-corrected chi connectivity index (χ4v) is 3.12. The predicted molar refractivity (Wildman–Crippen MR) is 90.2 cm³/mol. The molecular weight excluding hydrogens is 347 g/mol. The molecule has 0 bridgehead atoms. The molecular formula is C18H10F3N3O2. The first kappa shape index (κ1) is 16.1. The van der Waals surface area contributed by atoms with Crippen molar-refractivity contribution in [1.82, 2.24) is 9.55 Å². The van der Waals surface area contributed by atoms with Gasteiger partial charge in [-0.25, -0.2) is 0 Å². The summed E-state index contributed by atoms with van der Waals surface area (Å²) < 4.78 is 41.4. The van der Waals surface area contributed by atoms with Gasteiger partial charge < -0.3 is 4.57 Å². The summed E-state index contributed by atoms with van der Waals surface area (Å²) in [5, 5.41) is 11.9. The Morgan fingerprint density at radius 3 is 2.50 bits per heavy atom. The van der Waals surface area contributed by atoms with Crippen molar-refractivity contribution in [2.75, 3.05) is 0 Å². The second-order valence-electron chi connectivity index (χ2n) is 5.68. The van der Waals surface area contributed by atoms with E-state index in [0.717, 1.165) is 6.07 Å².